The van der Waals surface area contributed by atoms with E-state index in [2.05, 4.69) is 82.4 Å². The van der Waals surface area contributed by atoms with E-state index in [-0.39, 0.29) is 0 Å². The summed E-state index contributed by atoms with van der Waals surface area (Å²) in [6.45, 7) is 11.9. The van der Waals surface area contributed by atoms with Crippen molar-refractivity contribution in [3.8, 4) is 11.1 Å². The maximum atomic E-state index is 4.93. The molecule has 0 radical (unpaired) electrons. The van der Waals surface area contributed by atoms with Crippen LogP contribution in [0, 0.1) is 0 Å². The van der Waals surface area contributed by atoms with Gasteiger partial charge in [-0.05, 0) is 46.2 Å². The van der Waals surface area contributed by atoms with Crippen molar-refractivity contribution in [2.75, 3.05) is 0 Å². The molecule has 132 valence electrons. The van der Waals surface area contributed by atoms with Gasteiger partial charge in [0, 0.05) is 8.80 Å². The summed E-state index contributed by atoms with van der Waals surface area (Å²) in [5, 5.41) is 0. The summed E-state index contributed by atoms with van der Waals surface area (Å²) in [6, 6.07) is 15.8. The SMILES string of the molecule is CC1=Cc2c(-c3ccccc3)cc(C(C)C)cc2C1[SiH](C)C.[Cl][Zr][Cl]. The Kier molecular flexibility index (Phi) is 8.21. The van der Waals surface area contributed by atoms with Crippen LogP contribution >= 0.6 is 17.0 Å². The second kappa shape index (κ2) is 9.70. The average Bonchev–Trinajstić information content (AvgIpc) is 2.91. The Morgan fingerprint density at radius 1 is 1.04 bits per heavy atom. The zero-order valence-corrected chi connectivity index (χ0v) is 20.7. The maximum absolute atomic E-state index is 4.93. The van der Waals surface area contributed by atoms with Gasteiger partial charge < -0.3 is 0 Å². The minimum atomic E-state index is -0.826. The molecule has 3 rings (SSSR count). The van der Waals surface area contributed by atoms with Crippen LogP contribution in [0.4, 0.5) is 0 Å². The van der Waals surface area contributed by atoms with E-state index in [1.54, 1.807) is 11.1 Å². The van der Waals surface area contributed by atoms with Gasteiger partial charge in [-0.3, -0.25) is 0 Å². The molecule has 1 aliphatic rings. The van der Waals surface area contributed by atoms with Crippen molar-refractivity contribution in [1.29, 1.82) is 0 Å². The Bertz CT molecular complexity index is 739. The molecule has 0 saturated heterocycles. The zero-order valence-electron chi connectivity index (χ0n) is 15.6. The molecule has 0 N–H and O–H groups in total. The summed E-state index contributed by atoms with van der Waals surface area (Å²) in [7, 11) is 9.12. The molecule has 4 heteroatoms. The molecule has 1 atom stereocenters. The van der Waals surface area contributed by atoms with Crippen LogP contribution in [-0.4, -0.2) is 8.80 Å². The molecule has 0 aromatic heterocycles. The fourth-order valence-electron chi connectivity index (χ4n) is 3.75. The first-order valence-electron chi connectivity index (χ1n) is 8.78. The van der Waals surface area contributed by atoms with E-state index in [1.807, 2.05) is 0 Å². The zero-order chi connectivity index (χ0) is 18.6. The summed E-state index contributed by atoms with van der Waals surface area (Å²) >= 11 is -0.826. The van der Waals surface area contributed by atoms with Crippen LogP contribution in [-0.2, 0) is 20.8 Å². The molecule has 0 spiro atoms. The molecule has 0 heterocycles. The van der Waals surface area contributed by atoms with Crippen LogP contribution in [0.25, 0.3) is 17.2 Å². The van der Waals surface area contributed by atoms with Gasteiger partial charge >= 0.3 is 37.9 Å². The third kappa shape index (κ3) is 4.98. The summed E-state index contributed by atoms with van der Waals surface area (Å²) in [5.41, 5.74) is 9.56. The van der Waals surface area contributed by atoms with Gasteiger partial charge in [0.1, 0.15) is 0 Å². The van der Waals surface area contributed by atoms with E-state index in [9.17, 15) is 0 Å². The molecule has 0 nitrogen and oxygen atoms in total. The molecule has 0 fully saturated rings. The van der Waals surface area contributed by atoms with Gasteiger partial charge in [-0.25, -0.2) is 0 Å². The molecule has 0 aliphatic heterocycles. The van der Waals surface area contributed by atoms with Gasteiger partial charge in [0.05, 0.1) is 0 Å². The summed E-state index contributed by atoms with van der Waals surface area (Å²) in [5.74, 6) is 0.572. The van der Waals surface area contributed by atoms with Crippen molar-refractivity contribution in [1.82, 2.24) is 0 Å². The molecule has 0 amide bonds. The van der Waals surface area contributed by atoms with Gasteiger partial charge in [-0.1, -0.05) is 81.1 Å². The first-order chi connectivity index (χ1) is 11.9. The van der Waals surface area contributed by atoms with Crippen molar-refractivity contribution in [3.63, 3.8) is 0 Å². The Balaban J connectivity index is 0.000000701. The normalized spacial score (nSPS) is 15.6. The van der Waals surface area contributed by atoms with E-state index in [4.69, 9.17) is 17.0 Å². The van der Waals surface area contributed by atoms with Gasteiger partial charge in [0.25, 0.3) is 0 Å². The summed E-state index contributed by atoms with van der Waals surface area (Å²) in [4.78, 5) is 0. The predicted molar refractivity (Wildman–Crippen MR) is 113 cm³/mol. The molecular formula is C21H26Cl2SiZr. The quantitative estimate of drug-likeness (QED) is 0.412. The number of halogens is 2. The fraction of sp³-hybridized carbons (Fsp3) is 0.333. The van der Waals surface area contributed by atoms with E-state index in [1.165, 1.54) is 22.3 Å². The Morgan fingerprint density at radius 2 is 1.64 bits per heavy atom. The standard InChI is InChI=1S/C21H26Si.2ClH.Zr/c1-14(2)17-12-18(16-9-7-6-8-10-16)19-11-15(3)21(22(4)5)20(19)13-17;;;/h6-14,21-22H,1-5H3;2*1H;/q;;;+2/p-2. The van der Waals surface area contributed by atoms with E-state index >= 15 is 0 Å². The van der Waals surface area contributed by atoms with E-state index < -0.39 is 29.6 Å². The second-order valence-corrected chi connectivity index (χ2v) is 14.2. The average molecular weight is 469 g/mol. The Morgan fingerprint density at radius 3 is 2.16 bits per heavy atom. The monoisotopic (exact) mass is 466 g/mol. The topological polar surface area (TPSA) is 0 Å². The predicted octanol–water partition coefficient (Wildman–Crippen LogP) is 7.38. The molecule has 1 aliphatic carbocycles. The van der Waals surface area contributed by atoms with Crippen molar-refractivity contribution in [3.05, 3.63) is 64.7 Å². The molecule has 0 bridgehead atoms. The van der Waals surface area contributed by atoms with Crippen LogP contribution in [0.2, 0.25) is 13.1 Å². The molecule has 2 aromatic rings. The molecular weight excluding hydrogens is 442 g/mol. The van der Waals surface area contributed by atoms with Crippen molar-refractivity contribution >= 4 is 31.9 Å². The van der Waals surface area contributed by atoms with Crippen LogP contribution < -0.4 is 0 Å². The molecule has 2 aromatic carbocycles. The van der Waals surface area contributed by atoms with Crippen molar-refractivity contribution in [2.45, 2.75) is 45.3 Å². The van der Waals surface area contributed by atoms with E-state index in [0.717, 1.165) is 0 Å². The number of hydrogen-bond acceptors (Lipinski definition) is 0. The number of rotatable bonds is 3. The summed E-state index contributed by atoms with van der Waals surface area (Å²) < 4.78 is 0. The molecule has 25 heavy (non-hydrogen) atoms. The van der Waals surface area contributed by atoms with Gasteiger partial charge in [0.15, 0.2) is 0 Å². The fourth-order valence-corrected chi connectivity index (χ4v) is 5.90. The first kappa shape index (κ1) is 21.2. The Labute approximate surface area is 172 Å². The van der Waals surface area contributed by atoms with Crippen molar-refractivity contribution < 1.29 is 20.8 Å². The number of benzene rings is 2. The summed E-state index contributed by atoms with van der Waals surface area (Å²) in [6.07, 6.45) is 2.44. The molecule has 1 unspecified atom stereocenters. The third-order valence-corrected chi connectivity index (χ3v) is 7.07. The van der Waals surface area contributed by atoms with Crippen molar-refractivity contribution in [2.24, 2.45) is 0 Å². The number of hydrogen-bond donors (Lipinski definition) is 0. The van der Waals surface area contributed by atoms with Crippen LogP contribution in [0.15, 0.2) is 48.0 Å². The van der Waals surface area contributed by atoms with Crippen LogP contribution in [0.5, 0.6) is 0 Å². The Hall–Kier alpha value is -0.140. The first-order valence-corrected chi connectivity index (χ1v) is 18.1. The number of allylic oxidation sites excluding steroid dienone is 1. The number of fused-ring (bicyclic) bond motifs is 1. The third-order valence-electron chi connectivity index (χ3n) is 4.85. The van der Waals surface area contributed by atoms with Gasteiger partial charge in [-0.2, -0.15) is 0 Å². The minimum absolute atomic E-state index is 0.572. The van der Waals surface area contributed by atoms with Gasteiger partial charge in [0.2, 0.25) is 0 Å². The van der Waals surface area contributed by atoms with Gasteiger partial charge in [-0.15, -0.1) is 0 Å². The van der Waals surface area contributed by atoms with Crippen LogP contribution in [0.1, 0.15) is 48.9 Å². The van der Waals surface area contributed by atoms with Crippen LogP contribution in [0.3, 0.4) is 0 Å². The van der Waals surface area contributed by atoms with E-state index in [0.29, 0.717) is 11.5 Å². The molecule has 0 saturated carbocycles. The second-order valence-electron chi connectivity index (χ2n) is 7.27.